The van der Waals surface area contributed by atoms with Gasteiger partial charge in [0, 0.05) is 35.4 Å². The molecule has 0 saturated carbocycles. The zero-order valence-corrected chi connectivity index (χ0v) is 9.78. The highest BCUT2D eigenvalue weighted by molar-refractivity contribution is 6.66. The topological polar surface area (TPSA) is 114 Å². The summed E-state index contributed by atoms with van der Waals surface area (Å²) in [7, 11) is 0. The van der Waals surface area contributed by atoms with Crippen LogP contribution in [0.25, 0.3) is 0 Å². The highest BCUT2D eigenvalue weighted by Crippen LogP contribution is 2.13. The molecular formula is C11H13ClN5+. The van der Waals surface area contributed by atoms with Gasteiger partial charge >= 0.3 is 0 Å². The van der Waals surface area contributed by atoms with Gasteiger partial charge in [-0.25, -0.2) is 5.41 Å². The smallest absolute Gasteiger partial charge is 0.268 e. The largest absolute Gasteiger partial charge is 0.399 e. The Morgan fingerprint density at radius 2 is 2.12 bits per heavy atom. The number of allylic oxidation sites excluding steroid dienone is 2. The molecule has 0 radical (unpaired) electrons. The summed E-state index contributed by atoms with van der Waals surface area (Å²) in [5.41, 5.74) is 13.4. The van der Waals surface area contributed by atoms with Crippen molar-refractivity contribution in [1.29, 1.82) is 5.41 Å². The van der Waals surface area contributed by atoms with E-state index in [2.05, 4.69) is 4.99 Å². The van der Waals surface area contributed by atoms with Crippen LogP contribution in [0.3, 0.4) is 0 Å². The number of aliphatic imine (C=N–C) groups is 1. The molecule has 1 rings (SSSR count). The maximum Gasteiger partial charge on any atom is 0.268 e. The van der Waals surface area contributed by atoms with Gasteiger partial charge in [-0.1, -0.05) is 0 Å². The van der Waals surface area contributed by atoms with E-state index in [1.165, 1.54) is 12.3 Å². The summed E-state index contributed by atoms with van der Waals surface area (Å²) in [5.74, 6) is 0. The fraction of sp³-hybridized carbons (Fsp3) is 0. The molecule has 0 spiro atoms. The minimum atomic E-state index is 0.0610. The van der Waals surface area contributed by atoms with Crippen molar-refractivity contribution in [2.75, 3.05) is 11.5 Å². The molecule has 0 atom stereocenters. The molecule has 0 aromatic heterocycles. The van der Waals surface area contributed by atoms with E-state index in [0.29, 0.717) is 22.6 Å². The molecule has 1 aromatic rings. The number of halogens is 1. The van der Waals surface area contributed by atoms with Crippen molar-refractivity contribution in [2.45, 2.75) is 0 Å². The Morgan fingerprint density at radius 1 is 1.41 bits per heavy atom. The van der Waals surface area contributed by atoms with E-state index in [1.807, 2.05) is 0 Å². The third-order valence-electron chi connectivity index (χ3n) is 1.90. The number of nitrogens with zero attached hydrogens (tertiary/aromatic N) is 1. The van der Waals surface area contributed by atoms with Crippen molar-refractivity contribution in [1.82, 2.24) is 0 Å². The lowest BCUT2D eigenvalue weighted by molar-refractivity contribution is -0.107. The van der Waals surface area contributed by atoms with E-state index >= 15 is 0 Å². The zero-order chi connectivity index (χ0) is 12.8. The first-order valence-corrected chi connectivity index (χ1v) is 5.10. The summed E-state index contributed by atoms with van der Waals surface area (Å²) in [5, 5.41) is 12.5. The lowest BCUT2D eigenvalue weighted by Gasteiger charge is -2.00. The van der Waals surface area contributed by atoms with Crippen LogP contribution in [-0.2, 0) is 0 Å². The van der Waals surface area contributed by atoms with Crippen LogP contribution in [-0.4, -0.2) is 17.6 Å². The van der Waals surface area contributed by atoms with Gasteiger partial charge in [0.15, 0.2) is 0 Å². The highest BCUT2D eigenvalue weighted by Gasteiger charge is 1.98. The lowest BCUT2D eigenvalue weighted by atomic mass is 10.2. The predicted molar refractivity (Wildman–Crippen MR) is 72.5 cm³/mol. The van der Waals surface area contributed by atoms with Crippen LogP contribution in [0.2, 0.25) is 0 Å². The molecular weight excluding hydrogens is 238 g/mol. The van der Waals surface area contributed by atoms with Gasteiger partial charge in [-0.2, -0.15) is 0 Å². The van der Waals surface area contributed by atoms with Gasteiger partial charge in [-0.05, 0) is 29.8 Å². The van der Waals surface area contributed by atoms with Gasteiger partial charge in [0.25, 0.3) is 5.17 Å². The number of benzene rings is 1. The second kappa shape index (κ2) is 5.81. The summed E-state index contributed by atoms with van der Waals surface area (Å²) < 4.78 is 0. The van der Waals surface area contributed by atoms with Crippen LogP contribution in [0, 0.1) is 5.41 Å². The van der Waals surface area contributed by atoms with Gasteiger partial charge in [0.05, 0.1) is 5.70 Å². The van der Waals surface area contributed by atoms with E-state index in [1.54, 1.807) is 18.2 Å². The molecule has 0 aliphatic heterocycles. The number of anilines is 2. The van der Waals surface area contributed by atoms with Gasteiger partial charge in [-0.15, -0.1) is 0 Å². The minimum Gasteiger partial charge on any atom is -0.399 e. The van der Waals surface area contributed by atoms with Crippen molar-refractivity contribution in [3.63, 3.8) is 0 Å². The molecule has 0 heterocycles. The molecule has 5 nitrogen and oxygen atoms in total. The fourth-order valence-electron chi connectivity index (χ4n) is 1.11. The summed E-state index contributed by atoms with van der Waals surface area (Å²) in [4.78, 5) is 4.03. The van der Waals surface area contributed by atoms with Gasteiger partial charge in [-0.3, -0.25) is 4.99 Å². The maximum atomic E-state index is 7.12. The monoisotopic (exact) mass is 250 g/mol. The zero-order valence-electron chi connectivity index (χ0n) is 9.02. The number of nitrogen functional groups attached to an aromatic ring is 2. The van der Waals surface area contributed by atoms with E-state index in [4.69, 9.17) is 33.9 Å². The molecule has 1 aromatic carbocycles. The number of rotatable bonds is 4. The van der Waals surface area contributed by atoms with Crippen LogP contribution in [0.4, 0.5) is 11.4 Å². The number of hydrogen-bond acceptors (Lipinski definition) is 4. The molecule has 0 bridgehead atoms. The average Bonchev–Trinajstić information content (AvgIpc) is 2.25. The summed E-state index contributed by atoms with van der Waals surface area (Å²) in [6.45, 7) is 0. The maximum absolute atomic E-state index is 7.12. The Labute approximate surface area is 104 Å². The van der Waals surface area contributed by atoms with Gasteiger partial charge in [0.2, 0.25) is 0 Å². The van der Waals surface area contributed by atoms with Gasteiger partial charge < -0.3 is 16.9 Å². The SMILES string of the molecule is N=C/C(=C\C(=[NH2+])Cl)N=Cc1ccc(N)cc1N. The number of nitrogens with two attached hydrogens (primary N) is 3. The van der Waals surface area contributed by atoms with Crippen LogP contribution in [0.5, 0.6) is 0 Å². The normalized spacial score (nSPS) is 11.7. The van der Waals surface area contributed by atoms with Crippen LogP contribution >= 0.6 is 11.6 Å². The molecule has 0 unspecified atom stereocenters. The summed E-state index contributed by atoms with van der Waals surface area (Å²) in [6, 6.07) is 5.09. The molecule has 88 valence electrons. The van der Waals surface area contributed by atoms with Crippen molar-refractivity contribution in [3.05, 3.63) is 35.5 Å². The first kappa shape index (κ1) is 12.9. The van der Waals surface area contributed by atoms with Crippen molar-refractivity contribution in [2.24, 2.45) is 4.99 Å². The average molecular weight is 251 g/mol. The molecule has 0 aliphatic carbocycles. The molecule has 0 amide bonds. The Morgan fingerprint density at radius 3 is 2.65 bits per heavy atom. The Kier molecular flexibility index (Phi) is 4.42. The van der Waals surface area contributed by atoms with Crippen molar-refractivity contribution in [3.8, 4) is 0 Å². The second-order valence-electron chi connectivity index (χ2n) is 3.24. The first-order chi connectivity index (χ1) is 8.02. The standard InChI is InChI=1S/C11H12ClN5/c12-11(16)4-9(5-13)17-6-7-1-2-8(14)3-10(7)15/h1-6,13,16H,14-15H2/p+1/b9-4+,13-5?,16-11?,17-6?. The Bertz CT molecular complexity index is 505. The third-order valence-corrected chi connectivity index (χ3v) is 2.01. The molecule has 7 N–H and O–H groups in total. The second-order valence-corrected chi connectivity index (χ2v) is 3.68. The third kappa shape index (κ3) is 4.08. The minimum absolute atomic E-state index is 0.0610. The predicted octanol–water partition coefficient (Wildman–Crippen LogP) is 0.200. The molecule has 0 saturated heterocycles. The highest BCUT2D eigenvalue weighted by atomic mass is 35.5. The quantitative estimate of drug-likeness (QED) is 0.452. The van der Waals surface area contributed by atoms with E-state index in [9.17, 15) is 0 Å². The number of hydrogen-bond donors (Lipinski definition) is 4. The van der Waals surface area contributed by atoms with Crippen LogP contribution < -0.4 is 16.9 Å². The first-order valence-electron chi connectivity index (χ1n) is 4.72. The van der Waals surface area contributed by atoms with E-state index in [-0.39, 0.29) is 5.17 Å². The summed E-state index contributed by atoms with van der Waals surface area (Å²) in [6.07, 6.45) is 3.93. The Hall–Kier alpha value is -2.14. The molecule has 0 aliphatic rings. The molecule has 0 fully saturated rings. The molecule has 17 heavy (non-hydrogen) atoms. The van der Waals surface area contributed by atoms with Crippen molar-refractivity contribution < 1.29 is 5.41 Å². The Balaban J connectivity index is 2.97. The fourth-order valence-corrected chi connectivity index (χ4v) is 1.22. The molecule has 6 heteroatoms. The lowest BCUT2D eigenvalue weighted by Crippen LogP contribution is -2.34. The van der Waals surface area contributed by atoms with Crippen LogP contribution in [0.15, 0.2) is 35.0 Å². The van der Waals surface area contributed by atoms with Gasteiger partial charge in [0.1, 0.15) is 0 Å². The summed E-state index contributed by atoms with van der Waals surface area (Å²) >= 11 is 5.48. The van der Waals surface area contributed by atoms with Crippen molar-refractivity contribution >= 4 is 40.6 Å². The number of nitrogens with one attached hydrogen (secondary N) is 1. The van der Waals surface area contributed by atoms with Crippen LogP contribution in [0.1, 0.15) is 5.56 Å². The van der Waals surface area contributed by atoms with E-state index < -0.39 is 0 Å². The van der Waals surface area contributed by atoms with E-state index in [0.717, 1.165) is 6.21 Å².